The maximum absolute atomic E-state index is 12.9. The van der Waals surface area contributed by atoms with Crippen molar-refractivity contribution in [1.29, 1.82) is 0 Å². The van der Waals surface area contributed by atoms with Crippen LogP contribution in [0.3, 0.4) is 0 Å². The number of methoxy groups -OCH3 is 1. The van der Waals surface area contributed by atoms with Crippen LogP contribution in [0.2, 0.25) is 0 Å². The predicted molar refractivity (Wildman–Crippen MR) is 121 cm³/mol. The molecule has 158 valence electrons. The van der Waals surface area contributed by atoms with Gasteiger partial charge in [0, 0.05) is 19.0 Å². The Balaban J connectivity index is 1.62. The minimum Gasteiger partial charge on any atom is -0.497 e. The van der Waals surface area contributed by atoms with Crippen LogP contribution in [-0.2, 0) is 13.2 Å². The van der Waals surface area contributed by atoms with Gasteiger partial charge in [0.2, 0.25) is 0 Å². The highest BCUT2D eigenvalue weighted by molar-refractivity contribution is 6.04. The summed E-state index contributed by atoms with van der Waals surface area (Å²) in [6.07, 6.45) is 0. The number of aromatic nitrogens is 2. The molecular formula is C24H24N4O3. The van der Waals surface area contributed by atoms with E-state index >= 15 is 0 Å². The van der Waals surface area contributed by atoms with E-state index in [1.54, 1.807) is 38.4 Å². The molecule has 3 aromatic carbocycles. The van der Waals surface area contributed by atoms with Crippen LogP contribution in [0.4, 0.5) is 0 Å². The highest BCUT2D eigenvalue weighted by atomic mass is 16.5. The Morgan fingerprint density at radius 3 is 2.52 bits per heavy atom. The third-order valence-electron chi connectivity index (χ3n) is 5.25. The zero-order chi connectivity index (χ0) is 22.0. The van der Waals surface area contributed by atoms with E-state index in [1.807, 2.05) is 30.1 Å². The summed E-state index contributed by atoms with van der Waals surface area (Å²) in [5, 5.41) is 10.2. The van der Waals surface area contributed by atoms with Gasteiger partial charge in [0.25, 0.3) is 11.5 Å². The van der Waals surface area contributed by atoms with Gasteiger partial charge in [-0.1, -0.05) is 36.4 Å². The Labute approximate surface area is 179 Å². The number of benzene rings is 3. The first-order chi connectivity index (χ1) is 15.0. The van der Waals surface area contributed by atoms with Crippen LogP contribution >= 0.6 is 0 Å². The average molecular weight is 416 g/mol. The number of hydrogen-bond donors (Lipinski definition) is 1. The number of nitrogens with one attached hydrogen (secondary N) is 1. The molecule has 0 saturated heterocycles. The van der Waals surface area contributed by atoms with Crippen LogP contribution in [0.5, 0.6) is 5.75 Å². The smallest absolute Gasteiger partial charge is 0.275 e. The first-order valence-electron chi connectivity index (χ1n) is 9.97. The number of amides is 1. The Morgan fingerprint density at radius 1 is 1.06 bits per heavy atom. The van der Waals surface area contributed by atoms with Crippen molar-refractivity contribution in [2.24, 2.45) is 0 Å². The molecule has 7 heteroatoms. The maximum Gasteiger partial charge on any atom is 0.275 e. The largest absolute Gasteiger partial charge is 0.497 e. The molecular weight excluding hydrogens is 392 g/mol. The highest BCUT2D eigenvalue weighted by Gasteiger charge is 2.16. The molecule has 4 rings (SSSR count). The molecule has 0 fully saturated rings. The summed E-state index contributed by atoms with van der Waals surface area (Å²) >= 11 is 0. The summed E-state index contributed by atoms with van der Waals surface area (Å²) in [7, 11) is 5.12. The van der Waals surface area contributed by atoms with Crippen molar-refractivity contribution in [2.45, 2.75) is 13.2 Å². The van der Waals surface area contributed by atoms with Crippen molar-refractivity contribution in [1.82, 2.24) is 20.0 Å². The Morgan fingerprint density at radius 2 is 1.77 bits per heavy atom. The van der Waals surface area contributed by atoms with Crippen molar-refractivity contribution in [3.8, 4) is 5.75 Å². The number of ether oxygens (including phenoxy) is 1. The molecule has 0 aliphatic carbocycles. The van der Waals surface area contributed by atoms with Crippen molar-refractivity contribution in [3.63, 3.8) is 0 Å². The Hall–Kier alpha value is -3.71. The van der Waals surface area contributed by atoms with Crippen LogP contribution in [0.1, 0.15) is 16.1 Å². The second kappa shape index (κ2) is 8.57. The number of carbonyl (C=O) groups excluding carboxylic acids is 1. The predicted octanol–water partition coefficient (Wildman–Crippen LogP) is 3.01. The number of fused-ring (bicyclic) bond motifs is 2. The van der Waals surface area contributed by atoms with Gasteiger partial charge in [-0.3, -0.25) is 14.5 Å². The third-order valence-corrected chi connectivity index (χ3v) is 5.25. The summed E-state index contributed by atoms with van der Waals surface area (Å²) in [6, 6.07) is 19.3. The molecule has 0 spiro atoms. The maximum atomic E-state index is 12.9. The van der Waals surface area contributed by atoms with E-state index in [-0.39, 0.29) is 23.8 Å². The molecule has 31 heavy (non-hydrogen) atoms. The fourth-order valence-electron chi connectivity index (χ4n) is 3.71. The average Bonchev–Trinajstić information content (AvgIpc) is 2.80. The van der Waals surface area contributed by atoms with Crippen molar-refractivity contribution in [3.05, 3.63) is 82.3 Å². The molecule has 1 amide bonds. The molecule has 0 atom stereocenters. The number of nitrogens with zero attached hydrogens (tertiary/aromatic N) is 3. The van der Waals surface area contributed by atoms with E-state index in [0.29, 0.717) is 17.3 Å². The topological polar surface area (TPSA) is 76.5 Å². The number of carbonyl (C=O) groups is 1. The zero-order valence-electron chi connectivity index (χ0n) is 17.8. The fourth-order valence-corrected chi connectivity index (χ4v) is 3.71. The van der Waals surface area contributed by atoms with E-state index in [9.17, 15) is 9.59 Å². The van der Waals surface area contributed by atoms with E-state index in [4.69, 9.17) is 4.74 Å². The van der Waals surface area contributed by atoms with Gasteiger partial charge in [-0.05, 0) is 47.6 Å². The molecule has 1 aromatic heterocycles. The van der Waals surface area contributed by atoms with Gasteiger partial charge in [-0.25, -0.2) is 4.68 Å². The standard InChI is InChI=1S/C24H24N4O3/c1-25-23(29)22-20-6-4-5-7-21(20)24(30)28(26-22)15-27(2)14-16-8-9-18-13-19(31-3)11-10-17(18)12-16/h4-13H,14-15H2,1-3H3,(H,25,29). The molecule has 0 radical (unpaired) electrons. The fraction of sp³-hybridized carbons (Fsp3) is 0.208. The second-order valence-electron chi connectivity index (χ2n) is 7.48. The lowest BCUT2D eigenvalue weighted by molar-refractivity contribution is 0.0956. The molecule has 0 saturated carbocycles. The quantitative estimate of drug-likeness (QED) is 0.523. The summed E-state index contributed by atoms with van der Waals surface area (Å²) in [6.45, 7) is 0.881. The van der Waals surface area contributed by atoms with Gasteiger partial charge in [0.1, 0.15) is 5.75 Å². The van der Waals surface area contributed by atoms with Gasteiger partial charge in [-0.15, -0.1) is 0 Å². The monoisotopic (exact) mass is 416 g/mol. The normalized spacial score (nSPS) is 11.2. The number of hydrogen-bond acceptors (Lipinski definition) is 5. The van der Waals surface area contributed by atoms with Crippen molar-refractivity contribution >= 4 is 27.5 Å². The van der Waals surface area contributed by atoms with Crippen LogP contribution in [0.25, 0.3) is 21.5 Å². The molecule has 0 bridgehead atoms. The molecule has 7 nitrogen and oxygen atoms in total. The summed E-state index contributed by atoms with van der Waals surface area (Å²) in [5.41, 5.74) is 1.13. The van der Waals surface area contributed by atoms with Gasteiger partial charge >= 0.3 is 0 Å². The molecule has 0 aliphatic rings. The lowest BCUT2D eigenvalue weighted by Gasteiger charge is -2.19. The highest BCUT2D eigenvalue weighted by Crippen LogP contribution is 2.22. The lowest BCUT2D eigenvalue weighted by atomic mass is 10.1. The van der Waals surface area contributed by atoms with Gasteiger partial charge in [0.05, 0.1) is 19.2 Å². The first-order valence-corrected chi connectivity index (χ1v) is 9.97. The van der Waals surface area contributed by atoms with E-state index in [2.05, 4.69) is 28.6 Å². The summed E-state index contributed by atoms with van der Waals surface area (Å²) in [4.78, 5) is 27.3. The second-order valence-corrected chi connectivity index (χ2v) is 7.48. The summed E-state index contributed by atoms with van der Waals surface area (Å²) < 4.78 is 6.63. The third kappa shape index (κ3) is 4.13. The SMILES string of the molecule is CNC(=O)c1nn(CN(C)Cc2ccc3cc(OC)ccc3c2)c(=O)c2ccccc12. The van der Waals surface area contributed by atoms with E-state index < -0.39 is 0 Å². The minimum absolute atomic E-state index is 0.222. The van der Waals surface area contributed by atoms with Crippen molar-refractivity contribution in [2.75, 3.05) is 21.2 Å². The van der Waals surface area contributed by atoms with E-state index in [0.717, 1.165) is 22.1 Å². The molecule has 1 N–H and O–H groups in total. The molecule has 1 heterocycles. The zero-order valence-corrected chi connectivity index (χ0v) is 17.8. The Bertz CT molecular complexity index is 1330. The van der Waals surface area contributed by atoms with Crippen LogP contribution in [-0.4, -0.2) is 41.8 Å². The first kappa shape index (κ1) is 20.6. The van der Waals surface area contributed by atoms with Crippen molar-refractivity contribution < 1.29 is 9.53 Å². The van der Waals surface area contributed by atoms with Gasteiger partial charge < -0.3 is 10.1 Å². The van der Waals surface area contributed by atoms with Gasteiger partial charge in [-0.2, -0.15) is 5.10 Å². The lowest BCUT2D eigenvalue weighted by Crippen LogP contribution is -2.34. The van der Waals surface area contributed by atoms with Crippen LogP contribution in [0.15, 0.2) is 65.5 Å². The van der Waals surface area contributed by atoms with Gasteiger partial charge in [0.15, 0.2) is 5.69 Å². The summed E-state index contributed by atoms with van der Waals surface area (Å²) in [5.74, 6) is 0.503. The Kier molecular flexibility index (Phi) is 5.68. The molecule has 0 unspecified atom stereocenters. The molecule has 0 aliphatic heterocycles. The number of rotatable bonds is 6. The molecule has 4 aromatic rings. The van der Waals surface area contributed by atoms with E-state index in [1.165, 1.54) is 4.68 Å². The minimum atomic E-state index is -0.322. The van der Waals surface area contributed by atoms with Crippen LogP contribution in [0, 0.1) is 0 Å². The van der Waals surface area contributed by atoms with Crippen LogP contribution < -0.4 is 15.6 Å².